The topological polar surface area (TPSA) is 73.6 Å². The zero-order chi connectivity index (χ0) is 22.9. The number of anilines is 1. The van der Waals surface area contributed by atoms with Gasteiger partial charge in [0.1, 0.15) is 18.1 Å². The molecule has 33 heavy (non-hydrogen) atoms. The molecule has 1 heterocycles. The minimum Gasteiger partial charge on any atom is -0.494 e. The van der Waals surface area contributed by atoms with Crippen molar-refractivity contribution in [3.63, 3.8) is 0 Å². The summed E-state index contributed by atoms with van der Waals surface area (Å²) in [5.41, 5.74) is 5.34. The summed E-state index contributed by atoms with van der Waals surface area (Å²) in [5.74, 6) is 1.71. The summed E-state index contributed by atoms with van der Waals surface area (Å²) in [6.45, 7) is 2.60. The fourth-order valence-corrected chi connectivity index (χ4v) is 4.87. The number of ether oxygens (including phenoxy) is 2. The van der Waals surface area contributed by atoms with Crippen molar-refractivity contribution < 1.29 is 14.4 Å². The first-order valence-electron chi connectivity index (χ1n) is 11.1. The Labute approximate surface area is 193 Å². The van der Waals surface area contributed by atoms with Gasteiger partial charge in [-0.2, -0.15) is 0 Å². The van der Waals surface area contributed by atoms with Gasteiger partial charge in [0.25, 0.3) is 5.69 Å². The quantitative estimate of drug-likeness (QED) is 0.275. The molecule has 0 saturated carbocycles. The molecule has 3 aromatic carbocycles. The fourth-order valence-electron chi connectivity index (χ4n) is 4.87. The molecule has 168 valence electrons. The number of fused-ring (bicyclic) bond motifs is 3. The predicted octanol–water partition coefficient (Wildman–Crippen LogP) is 6.32. The van der Waals surface area contributed by atoms with Crippen LogP contribution in [-0.2, 0) is 6.61 Å². The van der Waals surface area contributed by atoms with Crippen molar-refractivity contribution >= 4 is 11.4 Å². The summed E-state index contributed by atoms with van der Waals surface area (Å²) in [6, 6.07) is 19.8. The van der Waals surface area contributed by atoms with Gasteiger partial charge in [-0.1, -0.05) is 54.1 Å². The number of aryl methyl sites for hydroxylation is 1. The minimum absolute atomic E-state index is 0.0555. The second-order valence-electron chi connectivity index (χ2n) is 8.69. The molecule has 0 saturated heterocycles. The van der Waals surface area contributed by atoms with Gasteiger partial charge in [0.05, 0.1) is 29.8 Å². The number of non-ortho nitro benzene ring substituents is 1. The van der Waals surface area contributed by atoms with Gasteiger partial charge in [-0.05, 0) is 48.1 Å². The van der Waals surface area contributed by atoms with Crippen molar-refractivity contribution in [2.75, 3.05) is 12.4 Å². The smallest absolute Gasteiger partial charge is 0.273 e. The lowest BCUT2D eigenvalue weighted by Crippen LogP contribution is -2.29. The molecule has 0 fully saturated rings. The number of nitrogens with zero attached hydrogens (tertiary/aromatic N) is 1. The van der Waals surface area contributed by atoms with E-state index in [9.17, 15) is 10.1 Å². The number of hydrogen-bond acceptors (Lipinski definition) is 5. The van der Waals surface area contributed by atoms with Crippen molar-refractivity contribution in [3.05, 3.63) is 105 Å². The number of rotatable bonds is 6. The molecule has 6 heteroatoms. The predicted molar refractivity (Wildman–Crippen MR) is 128 cm³/mol. The Morgan fingerprint density at radius 1 is 1.09 bits per heavy atom. The van der Waals surface area contributed by atoms with Crippen LogP contribution in [0, 0.1) is 23.0 Å². The number of methoxy groups -OCH3 is 1. The average Bonchev–Trinajstić information content (AvgIpc) is 3.33. The lowest BCUT2D eigenvalue weighted by molar-refractivity contribution is -0.385. The SMILES string of the molecule is COc1cc([N+](=O)[O-])cc2c1N[C@@H](c1ccc(OCc3ccc(C)cc3)cc1)[C@@H]1CC=C[C@@H]21. The van der Waals surface area contributed by atoms with E-state index in [4.69, 9.17) is 9.47 Å². The summed E-state index contributed by atoms with van der Waals surface area (Å²) < 4.78 is 11.5. The molecule has 1 aliphatic heterocycles. The maximum Gasteiger partial charge on any atom is 0.273 e. The highest BCUT2D eigenvalue weighted by atomic mass is 16.6. The number of nitro benzene ring substituents is 1. The number of nitro groups is 1. The third kappa shape index (κ3) is 4.04. The van der Waals surface area contributed by atoms with E-state index in [1.54, 1.807) is 13.2 Å². The molecule has 1 aliphatic carbocycles. The number of hydrogen-bond donors (Lipinski definition) is 1. The van der Waals surface area contributed by atoms with Gasteiger partial charge < -0.3 is 14.8 Å². The van der Waals surface area contributed by atoms with E-state index in [-0.39, 0.29) is 28.5 Å². The maximum absolute atomic E-state index is 11.4. The van der Waals surface area contributed by atoms with E-state index in [2.05, 4.69) is 60.8 Å². The third-order valence-electron chi connectivity index (χ3n) is 6.61. The molecule has 5 rings (SSSR count). The van der Waals surface area contributed by atoms with E-state index in [1.165, 1.54) is 11.6 Å². The largest absolute Gasteiger partial charge is 0.494 e. The van der Waals surface area contributed by atoms with Gasteiger partial charge in [0.2, 0.25) is 0 Å². The summed E-state index contributed by atoms with van der Waals surface area (Å²) in [5, 5.41) is 15.0. The molecule has 6 nitrogen and oxygen atoms in total. The van der Waals surface area contributed by atoms with Crippen molar-refractivity contribution in [2.45, 2.75) is 31.9 Å². The molecule has 0 radical (unpaired) electrons. The first-order chi connectivity index (χ1) is 16.0. The zero-order valence-corrected chi connectivity index (χ0v) is 18.7. The summed E-state index contributed by atoms with van der Waals surface area (Å²) >= 11 is 0. The van der Waals surface area contributed by atoms with Crippen LogP contribution in [-0.4, -0.2) is 12.0 Å². The van der Waals surface area contributed by atoms with Crippen LogP contribution in [0.5, 0.6) is 11.5 Å². The summed E-state index contributed by atoms with van der Waals surface area (Å²) in [4.78, 5) is 11.1. The lowest BCUT2D eigenvalue weighted by Gasteiger charge is -2.38. The number of benzene rings is 3. The highest BCUT2D eigenvalue weighted by Crippen LogP contribution is 2.53. The van der Waals surface area contributed by atoms with Crippen LogP contribution in [0.1, 0.15) is 40.6 Å². The third-order valence-corrected chi connectivity index (χ3v) is 6.61. The van der Waals surface area contributed by atoms with Crippen LogP contribution < -0.4 is 14.8 Å². The molecular formula is C27H26N2O4. The zero-order valence-electron chi connectivity index (χ0n) is 18.7. The van der Waals surface area contributed by atoms with E-state index in [0.29, 0.717) is 12.4 Å². The van der Waals surface area contributed by atoms with Crippen LogP contribution in [0.25, 0.3) is 0 Å². The Hall–Kier alpha value is -3.80. The Morgan fingerprint density at radius 2 is 1.85 bits per heavy atom. The number of nitrogens with one attached hydrogen (secondary N) is 1. The standard InChI is InChI=1S/C27H26N2O4/c1-17-6-8-18(9-7-17)16-33-21-12-10-19(11-13-21)26-23-5-3-4-22(23)24-14-20(29(30)31)15-25(32-2)27(24)28-26/h3-4,6-15,22-23,26,28H,5,16H2,1-2H3/t22-,23-,26+/m1/s1. The Balaban J connectivity index is 1.39. The van der Waals surface area contributed by atoms with Crippen LogP contribution in [0.15, 0.2) is 72.8 Å². The van der Waals surface area contributed by atoms with Crippen molar-refractivity contribution in [3.8, 4) is 11.5 Å². The molecule has 0 bridgehead atoms. The molecule has 3 aromatic rings. The monoisotopic (exact) mass is 442 g/mol. The lowest BCUT2D eigenvalue weighted by atomic mass is 9.76. The van der Waals surface area contributed by atoms with Gasteiger partial charge in [-0.15, -0.1) is 0 Å². The molecule has 2 aliphatic rings. The summed E-state index contributed by atoms with van der Waals surface area (Å²) in [7, 11) is 1.55. The van der Waals surface area contributed by atoms with Crippen LogP contribution in [0.3, 0.4) is 0 Å². The summed E-state index contributed by atoms with van der Waals surface area (Å²) in [6.07, 6.45) is 5.25. The van der Waals surface area contributed by atoms with E-state index >= 15 is 0 Å². The Kier molecular flexibility index (Phi) is 5.50. The van der Waals surface area contributed by atoms with Gasteiger partial charge >= 0.3 is 0 Å². The first kappa shape index (κ1) is 21.1. The van der Waals surface area contributed by atoms with E-state index in [1.807, 2.05) is 12.1 Å². The normalized spacial score (nSPS) is 20.5. The Bertz CT molecular complexity index is 1200. The average molecular weight is 443 g/mol. The molecule has 0 amide bonds. The van der Waals surface area contributed by atoms with Crippen LogP contribution in [0.4, 0.5) is 11.4 Å². The van der Waals surface area contributed by atoms with Crippen molar-refractivity contribution in [1.82, 2.24) is 0 Å². The first-order valence-corrected chi connectivity index (χ1v) is 11.1. The molecule has 1 N–H and O–H groups in total. The maximum atomic E-state index is 11.4. The second-order valence-corrected chi connectivity index (χ2v) is 8.69. The Morgan fingerprint density at radius 3 is 2.55 bits per heavy atom. The van der Waals surface area contributed by atoms with Crippen molar-refractivity contribution in [2.24, 2.45) is 5.92 Å². The molecule has 0 spiro atoms. The highest BCUT2D eigenvalue weighted by molar-refractivity contribution is 5.71. The van der Waals surface area contributed by atoms with E-state index < -0.39 is 0 Å². The molecule has 0 aromatic heterocycles. The van der Waals surface area contributed by atoms with Crippen molar-refractivity contribution in [1.29, 1.82) is 0 Å². The number of allylic oxidation sites excluding steroid dienone is 2. The van der Waals surface area contributed by atoms with Gasteiger partial charge in [0, 0.05) is 12.0 Å². The van der Waals surface area contributed by atoms with Gasteiger partial charge in [0.15, 0.2) is 0 Å². The van der Waals surface area contributed by atoms with Gasteiger partial charge in [-0.25, -0.2) is 0 Å². The second kappa shape index (κ2) is 8.62. The highest BCUT2D eigenvalue weighted by Gasteiger charge is 2.40. The molecule has 0 unspecified atom stereocenters. The molecule has 3 atom stereocenters. The van der Waals surface area contributed by atoms with Gasteiger partial charge in [-0.3, -0.25) is 10.1 Å². The van der Waals surface area contributed by atoms with E-state index in [0.717, 1.165) is 34.5 Å². The fraction of sp³-hybridized carbons (Fsp3) is 0.259. The van der Waals surface area contributed by atoms with Crippen LogP contribution in [0.2, 0.25) is 0 Å². The minimum atomic E-state index is -0.363. The van der Waals surface area contributed by atoms with Crippen LogP contribution >= 0.6 is 0 Å². The molecular weight excluding hydrogens is 416 g/mol.